The van der Waals surface area contributed by atoms with Gasteiger partial charge in [0, 0.05) is 24.7 Å². The largest absolute Gasteiger partial charge is 0.322 e. The Morgan fingerprint density at radius 1 is 1.25 bits per heavy atom. The molecule has 126 valence electrons. The number of hydrogen-bond acceptors (Lipinski definition) is 3. The van der Waals surface area contributed by atoms with Gasteiger partial charge in [0.1, 0.15) is 5.82 Å². The zero-order chi connectivity index (χ0) is 17.1. The quantitative estimate of drug-likeness (QED) is 0.713. The van der Waals surface area contributed by atoms with Gasteiger partial charge < -0.3 is 4.98 Å². The van der Waals surface area contributed by atoms with E-state index in [1.165, 1.54) is 17.7 Å². The van der Waals surface area contributed by atoms with Crippen molar-refractivity contribution < 1.29 is 4.39 Å². The van der Waals surface area contributed by atoms with Crippen molar-refractivity contribution in [2.45, 2.75) is 39.4 Å². The third-order valence-electron chi connectivity index (χ3n) is 4.44. The predicted molar refractivity (Wildman–Crippen MR) is 97.8 cm³/mol. The summed E-state index contributed by atoms with van der Waals surface area (Å²) in [5, 5.41) is 5.07. The number of thiophene rings is 1. The molecule has 1 N–H and O–H groups in total. The van der Waals surface area contributed by atoms with Crippen molar-refractivity contribution in [2.75, 3.05) is 0 Å². The van der Waals surface area contributed by atoms with Crippen LogP contribution in [0.1, 0.15) is 31.4 Å². The van der Waals surface area contributed by atoms with Gasteiger partial charge in [0.2, 0.25) is 0 Å². The summed E-state index contributed by atoms with van der Waals surface area (Å²) in [6.07, 6.45) is 1.01. The minimum Gasteiger partial charge on any atom is -0.322 e. The molecule has 0 saturated heterocycles. The lowest BCUT2D eigenvalue weighted by Crippen LogP contribution is -2.33. The topological polar surface area (TPSA) is 36.1 Å². The molecule has 0 amide bonds. The van der Waals surface area contributed by atoms with Crippen LogP contribution >= 0.6 is 11.3 Å². The molecule has 0 radical (unpaired) electrons. The number of aromatic amines is 1. The summed E-state index contributed by atoms with van der Waals surface area (Å²) < 4.78 is 13.3. The number of H-pyrrole nitrogens is 1. The summed E-state index contributed by atoms with van der Waals surface area (Å²) in [5.74, 6) is -0.343. The maximum Gasteiger partial charge on any atom is 0.252 e. The minimum absolute atomic E-state index is 0.147. The van der Waals surface area contributed by atoms with Crippen molar-refractivity contribution in [1.82, 2.24) is 9.88 Å². The fraction of sp³-hybridized carbons (Fsp3) is 0.316. The first kappa shape index (κ1) is 16.9. The lowest BCUT2D eigenvalue weighted by atomic mass is 10.1. The zero-order valence-corrected chi connectivity index (χ0v) is 14.7. The van der Waals surface area contributed by atoms with Gasteiger partial charge >= 0.3 is 0 Å². The van der Waals surface area contributed by atoms with E-state index in [1.54, 1.807) is 17.4 Å². The lowest BCUT2D eigenvalue weighted by molar-refractivity contribution is 0.185. The Morgan fingerprint density at radius 2 is 2.08 bits per heavy atom. The highest BCUT2D eigenvalue weighted by atomic mass is 32.1. The zero-order valence-electron chi connectivity index (χ0n) is 13.9. The maximum absolute atomic E-state index is 13.3. The number of hydrogen-bond donors (Lipinski definition) is 1. The van der Waals surface area contributed by atoms with Crippen LogP contribution in [0, 0.1) is 5.82 Å². The second-order valence-electron chi connectivity index (χ2n) is 6.15. The Hall–Kier alpha value is -1.98. The van der Waals surface area contributed by atoms with Gasteiger partial charge in [-0.05, 0) is 65.4 Å². The van der Waals surface area contributed by atoms with Crippen molar-refractivity contribution in [1.29, 1.82) is 0 Å². The van der Waals surface area contributed by atoms with Crippen LogP contribution in [0.4, 0.5) is 4.39 Å². The van der Waals surface area contributed by atoms with Crippen LogP contribution in [0.3, 0.4) is 0 Å². The Kier molecular flexibility index (Phi) is 5.11. The summed E-state index contributed by atoms with van der Waals surface area (Å²) in [4.78, 5) is 17.5. The Bertz CT molecular complexity index is 873. The summed E-state index contributed by atoms with van der Waals surface area (Å²) in [6, 6.07) is 8.84. The fourth-order valence-corrected chi connectivity index (χ4v) is 3.46. The Balaban J connectivity index is 1.91. The molecule has 1 atom stereocenters. The number of aromatic nitrogens is 1. The van der Waals surface area contributed by atoms with E-state index >= 15 is 0 Å². The molecule has 0 aliphatic carbocycles. The van der Waals surface area contributed by atoms with Crippen molar-refractivity contribution in [3.05, 3.63) is 68.4 Å². The molecule has 0 bridgehead atoms. The smallest absolute Gasteiger partial charge is 0.252 e. The van der Waals surface area contributed by atoms with E-state index in [1.807, 2.05) is 6.07 Å². The molecule has 3 aromatic rings. The van der Waals surface area contributed by atoms with Gasteiger partial charge in [0.25, 0.3) is 5.56 Å². The number of fused-ring (bicyclic) bond motifs is 1. The van der Waals surface area contributed by atoms with Crippen LogP contribution in [0.15, 0.2) is 45.9 Å². The van der Waals surface area contributed by atoms with Crippen LogP contribution in [0.2, 0.25) is 0 Å². The first-order chi connectivity index (χ1) is 11.6. The van der Waals surface area contributed by atoms with E-state index in [2.05, 4.69) is 40.6 Å². The van der Waals surface area contributed by atoms with Gasteiger partial charge in [0.05, 0.1) is 5.52 Å². The van der Waals surface area contributed by atoms with Crippen LogP contribution in [0.25, 0.3) is 10.9 Å². The van der Waals surface area contributed by atoms with E-state index in [-0.39, 0.29) is 11.4 Å². The summed E-state index contributed by atoms with van der Waals surface area (Å²) in [7, 11) is 0. The predicted octanol–water partition coefficient (Wildman–Crippen LogP) is 4.53. The molecule has 0 spiro atoms. The maximum atomic E-state index is 13.3. The number of halogens is 1. The standard InChI is InChI=1S/C19H21FN2OS/c1-3-13(2)22(10-14-6-7-24-12-14)11-16-8-15-4-5-17(20)9-18(15)21-19(16)23/h4-9,12-13H,3,10-11H2,1-2H3,(H,21,23)/t13-/m1/s1. The van der Waals surface area contributed by atoms with Crippen molar-refractivity contribution in [3.8, 4) is 0 Å². The van der Waals surface area contributed by atoms with Gasteiger partial charge in [-0.15, -0.1) is 0 Å². The highest BCUT2D eigenvalue weighted by Crippen LogP contribution is 2.18. The summed E-state index contributed by atoms with van der Waals surface area (Å²) >= 11 is 1.68. The summed E-state index contributed by atoms with van der Waals surface area (Å²) in [6.45, 7) is 5.72. The summed E-state index contributed by atoms with van der Waals surface area (Å²) in [5.41, 5.74) is 2.37. The van der Waals surface area contributed by atoms with Crippen molar-refractivity contribution in [2.24, 2.45) is 0 Å². The first-order valence-corrected chi connectivity index (χ1v) is 9.07. The Labute approximate surface area is 144 Å². The third kappa shape index (κ3) is 3.74. The van der Waals surface area contributed by atoms with E-state index in [4.69, 9.17) is 0 Å². The van der Waals surface area contributed by atoms with Crippen LogP contribution < -0.4 is 5.56 Å². The minimum atomic E-state index is -0.343. The van der Waals surface area contributed by atoms with Gasteiger partial charge in [0.15, 0.2) is 0 Å². The molecule has 0 aliphatic heterocycles. The number of rotatable bonds is 6. The van der Waals surface area contributed by atoms with Crippen molar-refractivity contribution in [3.63, 3.8) is 0 Å². The number of nitrogens with zero attached hydrogens (tertiary/aromatic N) is 1. The molecule has 3 nitrogen and oxygen atoms in total. The third-order valence-corrected chi connectivity index (χ3v) is 5.17. The molecule has 5 heteroatoms. The van der Waals surface area contributed by atoms with Gasteiger partial charge in [-0.2, -0.15) is 11.3 Å². The van der Waals surface area contributed by atoms with Crippen LogP contribution in [-0.4, -0.2) is 15.9 Å². The molecule has 0 aliphatic rings. The molecule has 0 fully saturated rings. The van der Waals surface area contributed by atoms with E-state index in [9.17, 15) is 9.18 Å². The molecular weight excluding hydrogens is 323 g/mol. The SMILES string of the molecule is CC[C@@H](C)N(Cc1ccsc1)Cc1cc2ccc(F)cc2[nH]c1=O. The molecule has 0 unspecified atom stereocenters. The molecule has 2 aromatic heterocycles. The Morgan fingerprint density at radius 3 is 2.79 bits per heavy atom. The van der Waals surface area contributed by atoms with Crippen molar-refractivity contribution >= 4 is 22.2 Å². The van der Waals surface area contributed by atoms with Gasteiger partial charge in [-0.3, -0.25) is 9.69 Å². The molecule has 1 aromatic carbocycles. The average Bonchev–Trinajstić information content (AvgIpc) is 3.07. The van der Waals surface area contributed by atoms with Crippen LogP contribution in [-0.2, 0) is 13.1 Å². The van der Waals surface area contributed by atoms with E-state index in [0.717, 1.165) is 18.4 Å². The lowest BCUT2D eigenvalue weighted by Gasteiger charge is -2.28. The second-order valence-corrected chi connectivity index (χ2v) is 6.93. The van der Waals surface area contributed by atoms with E-state index < -0.39 is 0 Å². The number of nitrogens with one attached hydrogen (secondary N) is 1. The number of benzene rings is 1. The van der Waals surface area contributed by atoms with Gasteiger partial charge in [-0.25, -0.2) is 4.39 Å². The fourth-order valence-electron chi connectivity index (χ4n) is 2.80. The second kappa shape index (κ2) is 7.28. The normalized spacial score (nSPS) is 12.8. The molecule has 2 heterocycles. The molecular formula is C19H21FN2OS. The van der Waals surface area contributed by atoms with Gasteiger partial charge in [-0.1, -0.05) is 6.92 Å². The van der Waals surface area contributed by atoms with Crippen LogP contribution in [0.5, 0.6) is 0 Å². The highest BCUT2D eigenvalue weighted by molar-refractivity contribution is 7.07. The average molecular weight is 344 g/mol. The monoisotopic (exact) mass is 344 g/mol. The molecule has 3 rings (SSSR count). The molecule has 0 saturated carbocycles. The highest BCUT2D eigenvalue weighted by Gasteiger charge is 2.16. The number of pyridine rings is 1. The van der Waals surface area contributed by atoms with E-state index in [0.29, 0.717) is 23.7 Å². The molecule has 24 heavy (non-hydrogen) atoms. The first-order valence-electron chi connectivity index (χ1n) is 8.13.